The molecular formula is C17H32IN3O. The van der Waals surface area contributed by atoms with Gasteiger partial charge in [-0.15, -0.1) is 24.0 Å². The number of halogens is 1. The van der Waals surface area contributed by atoms with Crippen molar-refractivity contribution in [3.05, 3.63) is 11.6 Å². The molecule has 0 unspecified atom stereocenters. The second-order valence-corrected chi connectivity index (χ2v) is 6.18. The summed E-state index contributed by atoms with van der Waals surface area (Å²) in [6.45, 7) is 6.56. The average molecular weight is 421 g/mol. The lowest BCUT2D eigenvalue weighted by molar-refractivity contribution is 0.115. The summed E-state index contributed by atoms with van der Waals surface area (Å²) < 4.78 is 5.71. The monoisotopic (exact) mass is 421 g/mol. The molecule has 0 aromatic carbocycles. The number of nitrogens with one attached hydrogen (secondary N) is 1. The van der Waals surface area contributed by atoms with Crippen LogP contribution in [0.5, 0.6) is 0 Å². The molecular weight excluding hydrogens is 389 g/mol. The van der Waals surface area contributed by atoms with E-state index in [1.165, 1.54) is 32.1 Å². The minimum Gasteiger partial charge on any atom is -0.379 e. The Bertz CT molecular complexity index is 367. The molecule has 0 aromatic heterocycles. The Kier molecular flexibility index (Phi) is 10.1. The zero-order valence-corrected chi connectivity index (χ0v) is 16.5. The summed E-state index contributed by atoms with van der Waals surface area (Å²) in [6.07, 6.45) is 10.1. The molecule has 2 aliphatic carbocycles. The maximum Gasteiger partial charge on any atom is 0.193 e. The van der Waals surface area contributed by atoms with E-state index < -0.39 is 0 Å². The van der Waals surface area contributed by atoms with Gasteiger partial charge in [0, 0.05) is 33.3 Å². The van der Waals surface area contributed by atoms with Crippen LogP contribution in [0.4, 0.5) is 0 Å². The van der Waals surface area contributed by atoms with Gasteiger partial charge in [-0.2, -0.15) is 0 Å². The maximum absolute atomic E-state index is 5.71. The summed E-state index contributed by atoms with van der Waals surface area (Å²) in [5, 5.41) is 3.37. The molecule has 128 valence electrons. The van der Waals surface area contributed by atoms with Gasteiger partial charge in [-0.25, -0.2) is 0 Å². The second-order valence-electron chi connectivity index (χ2n) is 6.18. The minimum atomic E-state index is 0. The van der Waals surface area contributed by atoms with E-state index in [2.05, 4.69) is 30.3 Å². The summed E-state index contributed by atoms with van der Waals surface area (Å²) in [5.74, 6) is 1.85. The molecule has 0 bridgehead atoms. The molecule has 2 rings (SSSR count). The molecule has 0 spiro atoms. The van der Waals surface area contributed by atoms with Crippen molar-refractivity contribution in [2.75, 3.05) is 39.9 Å². The predicted molar refractivity (Wildman–Crippen MR) is 104 cm³/mol. The number of nitrogens with zero attached hydrogens (tertiary/aromatic N) is 2. The lowest BCUT2D eigenvalue weighted by Crippen LogP contribution is -2.40. The van der Waals surface area contributed by atoms with Gasteiger partial charge in [-0.05, 0) is 51.4 Å². The Balaban J connectivity index is 0.00000242. The van der Waals surface area contributed by atoms with E-state index >= 15 is 0 Å². The summed E-state index contributed by atoms with van der Waals surface area (Å²) in [7, 11) is 2.09. The van der Waals surface area contributed by atoms with Crippen molar-refractivity contribution in [2.45, 2.75) is 45.4 Å². The van der Waals surface area contributed by atoms with Crippen LogP contribution in [0.1, 0.15) is 45.4 Å². The van der Waals surface area contributed by atoms with Gasteiger partial charge >= 0.3 is 0 Å². The van der Waals surface area contributed by atoms with Crippen molar-refractivity contribution in [3.63, 3.8) is 0 Å². The fourth-order valence-corrected chi connectivity index (χ4v) is 2.58. The van der Waals surface area contributed by atoms with E-state index in [0.29, 0.717) is 0 Å². The van der Waals surface area contributed by atoms with Crippen molar-refractivity contribution in [1.29, 1.82) is 0 Å². The van der Waals surface area contributed by atoms with E-state index in [9.17, 15) is 0 Å². The minimum absolute atomic E-state index is 0. The normalized spacial score (nSPS) is 17.9. The van der Waals surface area contributed by atoms with E-state index in [4.69, 9.17) is 9.73 Å². The van der Waals surface area contributed by atoms with Gasteiger partial charge in [-0.1, -0.05) is 11.6 Å². The number of likely N-dealkylation sites (N-methyl/N-ethyl adjacent to an activating group) is 1. The van der Waals surface area contributed by atoms with Gasteiger partial charge in [0.05, 0.1) is 6.61 Å². The fourth-order valence-electron chi connectivity index (χ4n) is 2.58. The van der Waals surface area contributed by atoms with Crippen molar-refractivity contribution in [3.8, 4) is 0 Å². The Labute approximate surface area is 152 Å². The Morgan fingerprint density at radius 1 is 1.45 bits per heavy atom. The summed E-state index contributed by atoms with van der Waals surface area (Å²) in [5.41, 5.74) is 1.59. The van der Waals surface area contributed by atoms with Crippen LogP contribution >= 0.6 is 24.0 Å². The Hall–Kier alpha value is -0.300. The molecule has 1 N–H and O–H groups in total. The van der Waals surface area contributed by atoms with Crippen molar-refractivity contribution >= 4 is 29.9 Å². The topological polar surface area (TPSA) is 36.9 Å². The van der Waals surface area contributed by atoms with E-state index in [0.717, 1.165) is 51.1 Å². The first kappa shape index (κ1) is 19.7. The molecule has 22 heavy (non-hydrogen) atoms. The van der Waals surface area contributed by atoms with Crippen LogP contribution < -0.4 is 5.32 Å². The second kappa shape index (κ2) is 11.3. The van der Waals surface area contributed by atoms with Crippen molar-refractivity contribution in [2.24, 2.45) is 10.9 Å². The molecule has 0 amide bonds. The highest BCUT2D eigenvalue weighted by molar-refractivity contribution is 14.0. The lowest BCUT2D eigenvalue weighted by atomic mass is 10.2. The smallest absolute Gasteiger partial charge is 0.193 e. The highest BCUT2D eigenvalue weighted by atomic mass is 127. The summed E-state index contributed by atoms with van der Waals surface area (Å²) in [4.78, 5) is 6.92. The molecule has 0 aliphatic heterocycles. The molecule has 1 saturated carbocycles. The first-order chi connectivity index (χ1) is 10.3. The number of allylic oxidation sites excluding steroid dienone is 1. The highest BCUT2D eigenvalue weighted by Crippen LogP contribution is 2.28. The van der Waals surface area contributed by atoms with Crippen LogP contribution in [0.3, 0.4) is 0 Å². The van der Waals surface area contributed by atoms with E-state index in [1.807, 2.05) is 0 Å². The van der Waals surface area contributed by atoms with Crippen molar-refractivity contribution in [1.82, 2.24) is 10.2 Å². The quantitative estimate of drug-likeness (QED) is 0.204. The van der Waals surface area contributed by atoms with Crippen LogP contribution in [0.15, 0.2) is 16.6 Å². The number of ether oxygens (including phenoxy) is 1. The zero-order chi connectivity index (χ0) is 14.9. The molecule has 1 fully saturated rings. The van der Waals surface area contributed by atoms with Gasteiger partial charge in [0.1, 0.15) is 0 Å². The average Bonchev–Trinajstić information content (AvgIpc) is 3.17. The molecule has 5 heteroatoms. The summed E-state index contributed by atoms with van der Waals surface area (Å²) >= 11 is 0. The van der Waals surface area contributed by atoms with Gasteiger partial charge in [0.25, 0.3) is 0 Å². The lowest BCUT2D eigenvalue weighted by Gasteiger charge is -2.22. The van der Waals surface area contributed by atoms with Gasteiger partial charge in [0.15, 0.2) is 5.96 Å². The van der Waals surface area contributed by atoms with Crippen LogP contribution in [-0.2, 0) is 4.74 Å². The third-order valence-electron chi connectivity index (χ3n) is 4.15. The van der Waals surface area contributed by atoms with Crippen LogP contribution in [-0.4, -0.2) is 50.8 Å². The number of hydrogen-bond donors (Lipinski definition) is 1. The number of guanidine groups is 1. The predicted octanol–water partition coefficient (Wildman–Crippen LogP) is 3.43. The molecule has 2 aliphatic rings. The SMILES string of the molecule is CCNC(=NCCC1=CCCC1)N(C)CCOCC1CC1.I. The third kappa shape index (κ3) is 7.81. The largest absolute Gasteiger partial charge is 0.379 e. The van der Waals surface area contributed by atoms with E-state index in [-0.39, 0.29) is 24.0 Å². The zero-order valence-electron chi connectivity index (χ0n) is 14.1. The first-order valence-electron chi connectivity index (χ1n) is 8.54. The van der Waals surface area contributed by atoms with Gasteiger partial charge < -0.3 is 15.0 Å². The molecule has 0 heterocycles. The molecule has 0 aromatic rings. The van der Waals surface area contributed by atoms with Crippen molar-refractivity contribution < 1.29 is 4.74 Å². The number of rotatable bonds is 9. The van der Waals surface area contributed by atoms with Crippen LogP contribution in [0, 0.1) is 5.92 Å². The Morgan fingerprint density at radius 3 is 2.91 bits per heavy atom. The molecule has 0 radical (unpaired) electrons. The molecule has 0 saturated heterocycles. The maximum atomic E-state index is 5.71. The fraction of sp³-hybridized carbons (Fsp3) is 0.824. The highest BCUT2D eigenvalue weighted by Gasteiger charge is 2.21. The van der Waals surface area contributed by atoms with Gasteiger partial charge in [-0.3, -0.25) is 4.99 Å². The Morgan fingerprint density at radius 2 is 2.27 bits per heavy atom. The van der Waals surface area contributed by atoms with Crippen LogP contribution in [0.2, 0.25) is 0 Å². The third-order valence-corrected chi connectivity index (χ3v) is 4.15. The summed E-state index contributed by atoms with van der Waals surface area (Å²) in [6, 6.07) is 0. The van der Waals surface area contributed by atoms with E-state index in [1.54, 1.807) is 5.57 Å². The van der Waals surface area contributed by atoms with Crippen LogP contribution in [0.25, 0.3) is 0 Å². The molecule has 0 atom stereocenters. The number of aliphatic imine (C=N–C) groups is 1. The van der Waals surface area contributed by atoms with Gasteiger partial charge in [0.2, 0.25) is 0 Å². The molecule has 4 nitrogen and oxygen atoms in total. The first-order valence-corrected chi connectivity index (χ1v) is 8.54. The number of hydrogen-bond acceptors (Lipinski definition) is 2. The standard InChI is InChI=1S/C17H31N3O.HI/c1-3-18-17(19-11-10-15-6-4-5-7-15)20(2)12-13-21-14-16-8-9-16;/h6,16H,3-5,7-14H2,1-2H3,(H,18,19);1H.